The summed E-state index contributed by atoms with van der Waals surface area (Å²) >= 11 is 0. The lowest BCUT2D eigenvalue weighted by molar-refractivity contribution is -0.385. The van der Waals surface area contributed by atoms with E-state index in [1.165, 1.54) is 23.5 Å². The van der Waals surface area contributed by atoms with Gasteiger partial charge >= 0.3 is 5.69 Å². The van der Waals surface area contributed by atoms with Gasteiger partial charge in [-0.15, -0.1) is 0 Å². The van der Waals surface area contributed by atoms with Gasteiger partial charge in [0.2, 0.25) is 10.0 Å². The molecule has 1 aliphatic rings. The zero-order valence-electron chi connectivity index (χ0n) is 12.5. The Labute approximate surface area is 129 Å². The number of hydrogen-bond donors (Lipinski definition) is 1. The average Bonchev–Trinajstić information content (AvgIpc) is 2.54. The third-order valence-electron chi connectivity index (χ3n) is 3.85. The predicted octanol–water partition coefficient (Wildman–Crippen LogP) is 0.976. The molecule has 1 aromatic rings. The average molecular weight is 329 g/mol. The van der Waals surface area contributed by atoms with Crippen molar-refractivity contribution in [1.29, 1.82) is 0 Å². The summed E-state index contributed by atoms with van der Waals surface area (Å²) in [6, 6.07) is 3.52. The van der Waals surface area contributed by atoms with Gasteiger partial charge in [-0.3, -0.25) is 10.1 Å². The molecule has 0 aromatic heterocycles. The summed E-state index contributed by atoms with van der Waals surface area (Å²) in [7, 11) is -0.897. The van der Waals surface area contributed by atoms with Crippen molar-refractivity contribution in [3.8, 4) is 5.75 Å². The SMILES string of the molecule is COc1cc(S(=O)(=O)N(C)C2CCNCC2)ccc1[N+](=O)[O-]. The molecule has 9 heteroatoms. The van der Waals surface area contributed by atoms with Crippen LogP contribution in [0.5, 0.6) is 5.75 Å². The van der Waals surface area contributed by atoms with Crippen LogP contribution in [-0.4, -0.2) is 50.9 Å². The largest absolute Gasteiger partial charge is 0.490 e. The van der Waals surface area contributed by atoms with Crippen LogP contribution in [0.25, 0.3) is 0 Å². The Balaban J connectivity index is 2.34. The number of ether oxygens (including phenoxy) is 1. The van der Waals surface area contributed by atoms with Crippen molar-refractivity contribution in [3.63, 3.8) is 0 Å². The number of piperidine rings is 1. The topological polar surface area (TPSA) is 102 Å². The fourth-order valence-electron chi connectivity index (χ4n) is 2.50. The van der Waals surface area contributed by atoms with Crippen LogP contribution in [0.15, 0.2) is 23.1 Å². The number of benzene rings is 1. The van der Waals surface area contributed by atoms with E-state index >= 15 is 0 Å². The van der Waals surface area contributed by atoms with Crippen LogP contribution in [-0.2, 0) is 10.0 Å². The Morgan fingerprint density at radius 3 is 2.55 bits per heavy atom. The number of nitrogens with zero attached hydrogens (tertiary/aromatic N) is 2. The van der Waals surface area contributed by atoms with Gasteiger partial charge in [0.25, 0.3) is 0 Å². The van der Waals surface area contributed by atoms with Crippen LogP contribution in [0.1, 0.15) is 12.8 Å². The highest BCUT2D eigenvalue weighted by Gasteiger charge is 2.30. The van der Waals surface area contributed by atoms with Crippen molar-refractivity contribution < 1.29 is 18.1 Å². The normalized spacial score (nSPS) is 16.7. The van der Waals surface area contributed by atoms with Gasteiger partial charge in [0.1, 0.15) is 0 Å². The highest BCUT2D eigenvalue weighted by Crippen LogP contribution is 2.31. The second kappa shape index (κ2) is 6.59. The molecule has 0 spiro atoms. The molecule has 0 bridgehead atoms. The van der Waals surface area contributed by atoms with Gasteiger partial charge in [-0.05, 0) is 32.0 Å². The summed E-state index contributed by atoms with van der Waals surface area (Å²) < 4.78 is 31.6. The third kappa shape index (κ3) is 3.21. The lowest BCUT2D eigenvalue weighted by Crippen LogP contribution is -2.43. The minimum Gasteiger partial charge on any atom is -0.490 e. The van der Waals surface area contributed by atoms with E-state index in [0.717, 1.165) is 32.0 Å². The molecule has 2 rings (SSSR count). The van der Waals surface area contributed by atoms with Crippen LogP contribution >= 0.6 is 0 Å². The molecular weight excluding hydrogens is 310 g/mol. The molecule has 1 aromatic carbocycles. The number of nitrogens with one attached hydrogen (secondary N) is 1. The van der Waals surface area contributed by atoms with E-state index in [1.54, 1.807) is 7.05 Å². The lowest BCUT2D eigenvalue weighted by atomic mass is 10.1. The first kappa shape index (κ1) is 16.7. The molecule has 1 N–H and O–H groups in total. The summed E-state index contributed by atoms with van der Waals surface area (Å²) in [6.07, 6.45) is 1.47. The Bertz CT molecular complexity index is 656. The third-order valence-corrected chi connectivity index (χ3v) is 5.75. The smallest absolute Gasteiger partial charge is 0.310 e. The number of rotatable bonds is 5. The van der Waals surface area contributed by atoms with Crippen molar-refractivity contribution >= 4 is 15.7 Å². The first-order valence-electron chi connectivity index (χ1n) is 6.89. The summed E-state index contributed by atoms with van der Waals surface area (Å²) in [5.41, 5.74) is -0.258. The highest BCUT2D eigenvalue weighted by molar-refractivity contribution is 7.89. The van der Waals surface area contributed by atoms with Crippen molar-refractivity contribution in [2.45, 2.75) is 23.8 Å². The minimum absolute atomic E-state index is 0.00372. The number of nitro groups is 1. The van der Waals surface area contributed by atoms with Crippen LogP contribution in [0.3, 0.4) is 0 Å². The number of methoxy groups -OCH3 is 1. The first-order valence-corrected chi connectivity index (χ1v) is 8.33. The summed E-state index contributed by atoms with van der Waals surface area (Å²) in [5.74, 6) is -0.0650. The van der Waals surface area contributed by atoms with E-state index in [1.807, 2.05) is 0 Å². The van der Waals surface area contributed by atoms with Crippen LogP contribution < -0.4 is 10.1 Å². The van der Waals surface area contributed by atoms with Crippen LogP contribution in [0.4, 0.5) is 5.69 Å². The first-order chi connectivity index (χ1) is 10.4. The molecule has 122 valence electrons. The molecule has 1 aliphatic heterocycles. The van der Waals surface area contributed by atoms with E-state index in [9.17, 15) is 18.5 Å². The minimum atomic E-state index is -3.71. The molecule has 22 heavy (non-hydrogen) atoms. The number of nitro benzene ring substituents is 1. The van der Waals surface area contributed by atoms with Gasteiger partial charge in [-0.2, -0.15) is 4.31 Å². The van der Waals surface area contributed by atoms with Crippen molar-refractivity contribution in [2.24, 2.45) is 0 Å². The molecule has 0 atom stereocenters. The zero-order chi connectivity index (χ0) is 16.3. The Morgan fingerprint density at radius 2 is 2.00 bits per heavy atom. The summed E-state index contributed by atoms with van der Waals surface area (Å²) in [5, 5.41) is 14.1. The van der Waals surface area contributed by atoms with Crippen molar-refractivity contribution in [2.75, 3.05) is 27.2 Å². The molecule has 0 saturated carbocycles. The van der Waals surface area contributed by atoms with E-state index in [0.29, 0.717) is 0 Å². The highest BCUT2D eigenvalue weighted by atomic mass is 32.2. The molecule has 8 nitrogen and oxygen atoms in total. The van der Waals surface area contributed by atoms with Gasteiger partial charge in [0.05, 0.1) is 16.9 Å². The van der Waals surface area contributed by atoms with Crippen LogP contribution in [0, 0.1) is 10.1 Å². The molecule has 0 unspecified atom stereocenters. The molecule has 0 aliphatic carbocycles. The Morgan fingerprint density at radius 1 is 1.36 bits per heavy atom. The zero-order valence-corrected chi connectivity index (χ0v) is 13.3. The molecule has 1 saturated heterocycles. The molecular formula is C13H19N3O5S. The monoisotopic (exact) mass is 329 g/mol. The molecule has 1 fully saturated rings. The van der Waals surface area contributed by atoms with E-state index in [4.69, 9.17) is 4.74 Å². The van der Waals surface area contributed by atoms with E-state index in [-0.39, 0.29) is 22.4 Å². The summed E-state index contributed by atoms with van der Waals surface area (Å²) in [4.78, 5) is 10.3. The van der Waals surface area contributed by atoms with Gasteiger partial charge in [0.15, 0.2) is 5.75 Å². The quantitative estimate of drug-likeness (QED) is 0.638. The fraction of sp³-hybridized carbons (Fsp3) is 0.538. The van der Waals surface area contributed by atoms with E-state index < -0.39 is 14.9 Å². The molecule has 1 heterocycles. The molecule has 0 amide bonds. The number of sulfonamides is 1. The molecule has 0 radical (unpaired) electrons. The lowest BCUT2D eigenvalue weighted by Gasteiger charge is -2.30. The van der Waals surface area contributed by atoms with Crippen LogP contribution in [0.2, 0.25) is 0 Å². The van der Waals surface area contributed by atoms with Crippen molar-refractivity contribution in [1.82, 2.24) is 9.62 Å². The fourth-order valence-corrected chi connectivity index (χ4v) is 3.93. The predicted molar refractivity (Wildman–Crippen MR) is 80.5 cm³/mol. The maximum absolute atomic E-state index is 12.7. The second-order valence-electron chi connectivity index (χ2n) is 5.09. The summed E-state index contributed by atoms with van der Waals surface area (Å²) in [6.45, 7) is 1.54. The second-order valence-corrected chi connectivity index (χ2v) is 7.09. The Hall–Kier alpha value is -1.71. The Kier molecular flexibility index (Phi) is 4.99. The maximum atomic E-state index is 12.7. The van der Waals surface area contributed by atoms with Gasteiger partial charge in [-0.25, -0.2) is 8.42 Å². The maximum Gasteiger partial charge on any atom is 0.310 e. The van der Waals surface area contributed by atoms with Gasteiger partial charge < -0.3 is 10.1 Å². The van der Waals surface area contributed by atoms with Gasteiger partial charge in [-0.1, -0.05) is 0 Å². The number of hydrogen-bond acceptors (Lipinski definition) is 6. The van der Waals surface area contributed by atoms with E-state index in [2.05, 4.69) is 5.32 Å². The standard InChI is InChI=1S/C13H19N3O5S/c1-15(10-5-7-14-8-6-10)22(19,20)11-3-4-12(16(17)18)13(9-11)21-2/h3-4,9-10,14H,5-8H2,1-2H3. The van der Waals surface area contributed by atoms with Gasteiger partial charge in [0, 0.05) is 25.2 Å². The van der Waals surface area contributed by atoms with Crippen molar-refractivity contribution in [3.05, 3.63) is 28.3 Å².